The molecule has 0 spiro atoms. The first-order chi connectivity index (χ1) is 7.72. The van der Waals surface area contributed by atoms with E-state index in [9.17, 15) is 13.5 Å². The van der Waals surface area contributed by atoms with Crippen molar-refractivity contribution in [3.05, 3.63) is 0 Å². The highest BCUT2D eigenvalue weighted by Gasteiger charge is 2.21. The molecule has 2 atom stereocenters. The first-order valence-electron chi connectivity index (χ1n) is 5.87. The molecule has 0 aliphatic carbocycles. The van der Waals surface area contributed by atoms with Crippen LogP contribution in [0.3, 0.4) is 0 Å². The minimum atomic E-state index is -2.97. The lowest BCUT2D eigenvalue weighted by atomic mass is 10.0. The lowest BCUT2D eigenvalue weighted by Gasteiger charge is -2.25. The van der Waals surface area contributed by atoms with Crippen LogP contribution in [-0.4, -0.2) is 56.9 Å². The Labute approximate surface area is 104 Å². The van der Waals surface area contributed by atoms with Gasteiger partial charge in [-0.3, -0.25) is 0 Å². The molecule has 0 aromatic carbocycles. The highest BCUT2D eigenvalue weighted by molar-refractivity contribution is 7.91. The monoisotopic (exact) mass is 267 g/mol. The van der Waals surface area contributed by atoms with Crippen molar-refractivity contribution >= 4 is 9.84 Å². The Hall–Kier alpha value is -0.170. The number of rotatable bonds is 9. The standard InChI is InChI=1S/C11H25NO4S/c1-5-17(14,15)8-10(2)12-9-11(3,13)6-7-16-4/h10,12-13H,5-9H2,1-4H3. The molecule has 0 aliphatic heterocycles. The van der Waals surface area contributed by atoms with Crippen LogP contribution < -0.4 is 5.32 Å². The Balaban J connectivity index is 4.02. The maximum Gasteiger partial charge on any atom is 0.151 e. The van der Waals surface area contributed by atoms with E-state index in [-0.39, 0.29) is 17.5 Å². The number of nitrogens with one attached hydrogen (secondary N) is 1. The van der Waals surface area contributed by atoms with Crippen molar-refractivity contribution in [1.82, 2.24) is 5.32 Å². The maximum absolute atomic E-state index is 11.4. The van der Waals surface area contributed by atoms with Gasteiger partial charge in [0, 0.05) is 38.5 Å². The highest BCUT2D eigenvalue weighted by Crippen LogP contribution is 2.08. The maximum atomic E-state index is 11.4. The molecule has 0 saturated heterocycles. The second-order valence-corrected chi connectivity index (χ2v) is 7.12. The first-order valence-corrected chi connectivity index (χ1v) is 7.69. The third kappa shape index (κ3) is 8.54. The van der Waals surface area contributed by atoms with Gasteiger partial charge in [-0.1, -0.05) is 6.92 Å². The average molecular weight is 267 g/mol. The molecule has 6 heteroatoms. The topological polar surface area (TPSA) is 75.6 Å². The van der Waals surface area contributed by atoms with Gasteiger partial charge in [0.1, 0.15) is 0 Å². The minimum Gasteiger partial charge on any atom is -0.389 e. The lowest BCUT2D eigenvalue weighted by Crippen LogP contribution is -2.44. The normalized spacial score (nSPS) is 17.7. The van der Waals surface area contributed by atoms with Crippen LogP contribution in [0.15, 0.2) is 0 Å². The molecule has 2 unspecified atom stereocenters. The highest BCUT2D eigenvalue weighted by atomic mass is 32.2. The molecule has 104 valence electrons. The number of ether oxygens (including phenoxy) is 1. The first kappa shape index (κ1) is 16.8. The average Bonchev–Trinajstić information content (AvgIpc) is 2.23. The molecule has 0 fully saturated rings. The molecule has 5 nitrogen and oxygen atoms in total. The van der Waals surface area contributed by atoms with Gasteiger partial charge in [0.05, 0.1) is 11.4 Å². The van der Waals surface area contributed by atoms with Gasteiger partial charge in [0.25, 0.3) is 0 Å². The van der Waals surface area contributed by atoms with Crippen LogP contribution in [0.25, 0.3) is 0 Å². The van der Waals surface area contributed by atoms with Crippen LogP contribution >= 0.6 is 0 Å². The van der Waals surface area contributed by atoms with Gasteiger partial charge in [0.2, 0.25) is 0 Å². The van der Waals surface area contributed by atoms with Gasteiger partial charge >= 0.3 is 0 Å². The van der Waals surface area contributed by atoms with Gasteiger partial charge < -0.3 is 15.2 Å². The second-order valence-electron chi connectivity index (χ2n) is 4.72. The SMILES string of the molecule is CCS(=O)(=O)CC(C)NCC(C)(O)CCOC. The zero-order chi connectivity index (χ0) is 13.5. The molecular weight excluding hydrogens is 242 g/mol. The summed E-state index contributed by atoms with van der Waals surface area (Å²) >= 11 is 0. The number of sulfone groups is 1. The summed E-state index contributed by atoms with van der Waals surface area (Å²) < 4.78 is 27.7. The van der Waals surface area contributed by atoms with Gasteiger partial charge in [-0.15, -0.1) is 0 Å². The van der Waals surface area contributed by atoms with Crippen LogP contribution in [0.5, 0.6) is 0 Å². The molecule has 17 heavy (non-hydrogen) atoms. The van der Waals surface area contributed by atoms with E-state index in [4.69, 9.17) is 4.74 Å². The predicted molar refractivity (Wildman–Crippen MR) is 68.9 cm³/mol. The molecule has 2 N–H and O–H groups in total. The fourth-order valence-corrected chi connectivity index (χ4v) is 2.48. The Bertz CT molecular complexity index is 301. The molecule has 0 aromatic heterocycles. The van der Waals surface area contributed by atoms with Crippen molar-refractivity contribution in [2.45, 2.75) is 38.8 Å². The van der Waals surface area contributed by atoms with Crippen molar-refractivity contribution in [3.63, 3.8) is 0 Å². The van der Waals surface area contributed by atoms with Crippen molar-refractivity contribution in [3.8, 4) is 0 Å². The summed E-state index contributed by atoms with van der Waals surface area (Å²) in [7, 11) is -1.39. The van der Waals surface area contributed by atoms with Crippen LogP contribution in [-0.2, 0) is 14.6 Å². The fraction of sp³-hybridized carbons (Fsp3) is 1.00. The molecule has 0 saturated carbocycles. The summed E-state index contributed by atoms with van der Waals surface area (Å²) in [5, 5.41) is 13.0. The Morgan fingerprint density at radius 1 is 1.47 bits per heavy atom. The van der Waals surface area contributed by atoms with Crippen molar-refractivity contribution < 1.29 is 18.3 Å². The third-order valence-corrected chi connectivity index (χ3v) is 4.51. The smallest absolute Gasteiger partial charge is 0.151 e. The zero-order valence-electron chi connectivity index (χ0n) is 11.2. The molecule has 0 heterocycles. The van der Waals surface area contributed by atoms with Crippen LogP contribution in [0.1, 0.15) is 27.2 Å². The van der Waals surface area contributed by atoms with Crippen molar-refractivity contribution in [1.29, 1.82) is 0 Å². The van der Waals surface area contributed by atoms with Gasteiger partial charge in [-0.05, 0) is 13.8 Å². The van der Waals surface area contributed by atoms with E-state index < -0.39 is 15.4 Å². The van der Waals surface area contributed by atoms with Crippen molar-refractivity contribution in [2.24, 2.45) is 0 Å². The molecule has 0 aromatic rings. The number of hydrogen-bond donors (Lipinski definition) is 2. The minimum absolute atomic E-state index is 0.101. The number of methoxy groups -OCH3 is 1. The van der Waals surface area contributed by atoms with Crippen LogP contribution in [0, 0.1) is 0 Å². The Kier molecular flexibility index (Phi) is 7.23. The second kappa shape index (κ2) is 7.31. The fourth-order valence-electron chi connectivity index (χ4n) is 1.36. The quantitative estimate of drug-likeness (QED) is 0.623. The van der Waals surface area contributed by atoms with E-state index >= 15 is 0 Å². The largest absolute Gasteiger partial charge is 0.389 e. The van der Waals surface area contributed by atoms with Gasteiger partial charge in [0.15, 0.2) is 9.84 Å². The summed E-state index contributed by atoms with van der Waals surface area (Å²) in [4.78, 5) is 0. The van der Waals surface area contributed by atoms with E-state index in [0.717, 1.165) is 0 Å². The zero-order valence-corrected chi connectivity index (χ0v) is 12.0. The molecular formula is C11H25NO4S. The molecule has 0 amide bonds. The van der Waals surface area contributed by atoms with E-state index in [2.05, 4.69) is 5.32 Å². The van der Waals surface area contributed by atoms with Crippen LogP contribution in [0.2, 0.25) is 0 Å². The lowest BCUT2D eigenvalue weighted by molar-refractivity contribution is 0.0236. The molecule has 0 aliphatic rings. The molecule has 0 bridgehead atoms. The summed E-state index contributed by atoms with van der Waals surface area (Å²) in [6.07, 6.45) is 0.518. The number of hydrogen-bond acceptors (Lipinski definition) is 5. The van der Waals surface area contributed by atoms with Crippen LogP contribution in [0.4, 0.5) is 0 Å². The predicted octanol–water partition coefficient (Wildman–Crippen LogP) is 0.187. The summed E-state index contributed by atoms with van der Waals surface area (Å²) in [6.45, 7) is 5.99. The third-order valence-electron chi connectivity index (χ3n) is 2.62. The van der Waals surface area contributed by atoms with E-state index in [0.29, 0.717) is 19.6 Å². The molecule has 0 rings (SSSR count). The van der Waals surface area contributed by atoms with Gasteiger partial charge in [-0.25, -0.2) is 8.42 Å². The van der Waals surface area contributed by atoms with E-state index in [1.165, 1.54) is 0 Å². The van der Waals surface area contributed by atoms with E-state index in [1.54, 1.807) is 27.9 Å². The number of aliphatic hydroxyl groups is 1. The summed E-state index contributed by atoms with van der Waals surface area (Å²) in [6, 6.07) is -0.158. The molecule has 0 radical (unpaired) electrons. The Morgan fingerprint density at radius 3 is 2.53 bits per heavy atom. The van der Waals surface area contributed by atoms with E-state index in [1.807, 2.05) is 0 Å². The van der Waals surface area contributed by atoms with Gasteiger partial charge in [-0.2, -0.15) is 0 Å². The summed E-state index contributed by atoms with van der Waals surface area (Å²) in [5.41, 5.74) is -0.875. The summed E-state index contributed by atoms with van der Waals surface area (Å²) in [5.74, 6) is 0.253. The van der Waals surface area contributed by atoms with Crippen molar-refractivity contribution in [2.75, 3.05) is 31.8 Å². The Morgan fingerprint density at radius 2 is 2.06 bits per heavy atom.